The predicted molar refractivity (Wildman–Crippen MR) is 114 cm³/mol. The number of hydrogen-bond donors (Lipinski definition) is 0. The van der Waals surface area contributed by atoms with E-state index in [1.54, 1.807) is 14.0 Å². The van der Waals surface area contributed by atoms with E-state index in [0.717, 1.165) is 33.5 Å². The van der Waals surface area contributed by atoms with Gasteiger partial charge in [-0.2, -0.15) is 0 Å². The van der Waals surface area contributed by atoms with Crippen molar-refractivity contribution in [1.82, 2.24) is 4.90 Å². The van der Waals surface area contributed by atoms with Crippen LogP contribution >= 0.6 is 31.9 Å². The molecule has 5 nitrogen and oxygen atoms in total. The molecule has 0 saturated carbocycles. The van der Waals surface area contributed by atoms with E-state index in [-0.39, 0.29) is 5.91 Å². The average molecular weight is 498 g/mol. The number of methoxy groups -OCH3 is 1. The summed E-state index contributed by atoms with van der Waals surface area (Å²) in [5, 5.41) is 0. The third kappa shape index (κ3) is 4.96. The maximum atomic E-state index is 12.7. The molecule has 0 unspecified atom stereocenters. The summed E-state index contributed by atoms with van der Waals surface area (Å²) in [6.07, 6.45) is -0.532. The van der Waals surface area contributed by atoms with Crippen molar-refractivity contribution < 1.29 is 14.3 Å². The Morgan fingerprint density at radius 1 is 1.04 bits per heavy atom. The molecule has 2 aromatic carbocycles. The fourth-order valence-corrected chi connectivity index (χ4v) is 4.19. The fourth-order valence-electron chi connectivity index (χ4n) is 3.05. The molecule has 0 spiro atoms. The van der Waals surface area contributed by atoms with Gasteiger partial charge in [-0.05, 0) is 65.3 Å². The zero-order valence-electron chi connectivity index (χ0n) is 15.3. The van der Waals surface area contributed by atoms with Gasteiger partial charge in [-0.15, -0.1) is 0 Å². The van der Waals surface area contributed by atoms with Crippen molar-refractivity contribution in [2.45, 2.75) is 13.0 Å². The fraction of sp³-hybridized carbons (Fsp3) is 0.350. The molecular weight excluding hydrogens is 476 g/mol. The van der Waals surface area contributed by atoms with E-state index in [0.29, 0.717) is 18.8 Å². The molecule has 1 amide bonds. The number of piperazine rings is 1. The quantitative estimate of drug-likeness (QED) is 0.616. The molecule has 1 atom stereocenters. The smallest absolute Gasteiger partial charge is 0.263 e. The first-order valence-electron chi connectivity index (χ1n) is 8.77. The third-order valence-electron chi connectivity index (χ3n) is 4.57. The van der Waals surface area contributed by atoms with Crippen LogP contribution in [0.1, 0.15) is 6.92 Å². The lowest BCUT2D eigenvalue weighted by molar-refractivity contribution is -0.138. The van der Waals surface area contributed by atoms with Crippen LogP contribution in [0, 0.1) is 0 Å². The van der Waals surface area contributed by atoms with Crippen molar-refractivity contribution in [2.75, 3.05) is 38.2 Å². The molecule has 0 aromatic heterocycles. The van der Waals surface area contributed by atoms with Crippen LogP contribution in [0.4, 0.5) is 5.69 Å². The zero-order valence-corrected chi connectivity index (χ0v) is 18.5. The highest BCUT2D eigenvalue weighted by Gasteiger charge is 2.26. The molecule has 1 fully saturated rings. The maximum absolute atomic E-state index is 12.7. The first-order valence-corrected chi connectivity index (χ1v) is 10.4. The Balaban J connectivity index is 1.55. The Labute approximate surface area is 176 Å². The predicted octanol–water partition coefficient (Wildman–Crippen LogP) is 4.34. The topological polar surface area (TPSA) is 42.0 Å². The number of carbonyl (C=O) groups excluding carboxylic acids is 1. The van der Waals surface area contributed by atoms with E-state index in [1.807, 2.05) is 47.4 Å². The second kappa shape index (κ2) is 8.97. The number of anilines is 1. The number of nitrogens with zero attached hydrogens (tertiary/aromatic N) is 2. The molecule has 1 saturated heterocycles. The summed E-state index contributed by atoms with van der Waals surface area (Å²) in [5.41, 5.74) is 1.14. The Morgan fingerprint density at radius 3 is 2.30 bits per heavy atom. The standard InChI is InChI=1S/C20H22Br2N2O3/c1-14(27-19-8-3-15(21)13-18(19)22)20(25)24-11-9-23(10-12-24)16-4-6-17(26-2)7-5-16/h3-8,13-14H,9-12H2,1-2H3/t14-/m1/s1. The van der Waals surface area contributed by atoms with Gasteiger partial charge in [-0.1, -0.05) is 15.9 Å². The minimum Gasteiger partial charge on any atom is -0.497 e. The van der Waals surface area contributed by atoms with Crippen LogP contribution in [-0.4, -0.2) is 50.2 Å². The number of ether oxygens (including phenoxy) is 2. The van der Waals surface area contributed by atoms with Crippen molar-refractivity contribution in [3.8, 4) is 11.5 Å². The van der Waals surface area contributed by atoms with Gasteiger partial charge < -0.3 is 19.3 Å². The lowest BCUT2D eigenvalue weighted by atomic mass is 10.2. The molecule has 0 aliphatic carbocycles. The van der Waals surface area contributed by atoms with Crippen LogP contribution in [0.25, 0.3) is 0 Å². The molecule has 0 N–H and O–H groups in total. The molecule has 3 rings (SSSR count). The number of carbonyl (C=O) groups is 1. The van der Waals surface area contributed by atoms with Crippen molar-refractivity contribution in [3.05, 3.63) is 51.4 Å². The monoisotopic (exact) mass is 496 g/mol. The second-order valence-electron chi connectivity index (χ2n) is 6.35. The van der Waals surface area contributed by atoms with Crippen LogP contribution in [0.15, 0.2) is 51.4 Å². The number of rotatable bonds is 5. The van der Waals surface area contributed by atoms with Crippen LogP contribution in [0.3, 0.4) is 0 Å². The van der Waals surface area contributed by atoms with Gasteiger partial charge in [-0.25, -0.2) is 0 Å². The normalized spacial score (nSPS) is 15.4. The molecule has 1 aliphatic heterocycles. The van der Waals surface area contributed by atoms with Crippen LogP contribution in [0.2, 0.25) is 0 Å². The number of hydrogen-bond acceptors (Lipinski definition) is 4. The van der Waals surface area contributed by atoms with Crippen molar-refractivity contribution in [3.63, 3.8) is 0 Å². The van der Waals surface area contributed by atoms with Gasteiger partial charge in [0.1, 0.15) is 11.5 Å². The Morgan fingerprint density at radius 2 is 1.70 bits per heavy atom. The average Bonchev–Trinajstić information content (AvgIpc) is 2.69. The van der Waals surface area contributed by atoms with E-state index in [9.17, 15) is 4.79 Å². The highest BCUT2D eigenvalue weighted by Crippen LogP contribution is 2.29. The van der Waals surface area contributed by atoms with Crippen LogP contribution in [-0.2, 0) is 4.79 Å². The first-order chi connectivity index (χ1) is 13.0. The number of halogens is 2. The summed E-state index contributed by atoms with van der Waals surface area (Å²) >= 11 is 6.88. The summed E-state index contributed by atoms with van der Waals surface area (Å²) in [6.45, 7) is 4.76. The number of benzene rings is 2. The van der Waals surface area contributed by atoms with E-state index >= 15 is 0 Å². The van der Waals surface area contributed by atoms with Crippen molar-refractivity contribution >= 4 is 43.5 Å². The lowest BCUT2D eigenvalue weighted by Crippen LogP contribution is -2.52. The van der Waals surface area contributed by atoms with Gasteiger partial charge >= 0.3 is 0 Å². The molecule has 0 bridgehead atoms. The summed E-state index contributed by atoms with van der Waals surface area (Å²) in [5.74, 6) is 1.52. The first kappa shape index (κ1) is 20.0. The molecule has 1 aliphatic rings. The highest BCUT2D eigenvalue weighted by molar-refractivity contribution is 9.11. The van der Waals surface area contributed by atoms with E-state index in [2.05, 4.69) is 36.8 Å². The Kier molecular flexibility index (Phi) is 6.65. The van der Waals surface area contributed by atoms with Gasteiger partial charge in [0.25, 0.3) is 5.91 Å². The van der Waals surface area contributed by atoms with E-state index in [4.69, 9.17) is 9.47 Å². The molecule has 2 aromatic rings. The van der Waals surface area contributed by atoms with Crippen LogP contribution in [0.5, 0.6) is 11.5 Å². The van der Waals surface area contributed by atoms with Crippen molar-refractivity contribution in [1.29, 1.82) is 0 Å². The van der Waals surface area contributed by atoms with Gasteiger partial charge in [0.15, 0.2) is 6.10 Å². The minimum atomic E-state index is -0.532. The minimum absolute atomic E-state index is 0.0131. The van der Waals surface area contributed by atoms with Gasteiger partial charge in [0.2, 0.25) is 0 Å². The van der Waals surface area contributed by atoms with Gasteiger partial charge in [0, 0.05) is 36.3 Å². The van der Waals surface area contributed by atoms with Crippen LogP contribution < -0.4 is 14.4 Å². The SMILES string of the molecule is COc1ccc(N2CCN(C(=O)[C@@H](C)Oc3ccc(Br)cc3Br)CC2)cc1. The molecular formula is C20H22Br2N2O3. The van der Waals surface area contributed by atoms with E-state index < -0.39 is 6.10 Å². The molecule has 1 heterocycles. The molecule has 0 radical (unpaired) electrons. The second-order valence-corrected chi connectivity index (χ2v) is 8.12. The highest BCUT2D eigenvalue weighted by atomic mass is 79.9. The van der Waals surface area contributed by atoms with E-state index in [1.165, 1.54) is 0 Å². The molecule has 144 valence electrons. The Bertz CT molecular complexity index is 790. The largest absolute Gasteiger partial charge is 0.497 e. The Hall–Kier alpha value is -1.73. The van der Waals surface area contributed by atoms with Crippen molar-refractivity contribution in [2.24, 2.45) is 0 Å². The summed E-state index contributed by atoms with van der Waals surface area (Å²) in [7, 11) is 1.66. The van der Waals surface area contributed by atoms with Gasteiger partial charge in [-0.3, -0.25) is 4.79 Å². The number of amides is 1. The zero-order chi connectivity index (χ0) is 19.4. The molecule has 27 heavy (non-hydrogen) atoms. The summed E-state index contributed by atoms with van der Waals surface area (Å²) < 4.78 is 12.8. The third-order valence-corrected chi connectivity index (χ3v) is 5.69. The van der Waals surface area contributed by atoms with Gasteiger partial charge in [0.05, 0.1) is 11.6 Å². The maximum Gasteiger partial charge on any atom is 0.263 e. The summed E-state index contributed by atoms with van der Waals surface area (Å²) in [4.78, 5) is 16.9. The lowest BCUT2D eigenvalue weighted by Gasteiger charge is -2.37. The summed E-state index contributed by atoms with van der Waals surface area (Å²) in [6, 6.07) is 13.7. The molecule has 7 heteroatoms.